The number of nitrogens with two attached hydrogens (primary N) is 1. The fourth-order valence-corrected chi connectivity index (χ4v) is 3.58. The highest BCUT2D eigenvalue weighted by Gasteiger charge is 2.22. The molecule has 2 atom stereocenters. The van der Waals surface area contributed by atoms with Gasteiger partial charge in [-0.2, -0.15) is 0 Å². The van der Waals surface area contributed by atoms with Gasteiger partial charge in [0.15, 0.2) is 5.16 Å². The zero-order valence-corrected chi connectivity index (χ0v) is 14.6. The second-order valence-corrected chi connectivity index (χ2v) is 7.25. The quantitative estimate of drug-likeness (QED) is 0.792. The molecule has 0 radical (unpaired) electrons. The van der Waals surface area contributed by atoms with Crippen molar-refractivity contribution in [2.75, 3.05) is 0 Å². The van der Waals surface area contributed by atoms with Crippen LogP contribution in [0.1, 0.15) is 37.6 Å². The normalized spacial score (nSPS) is 14.4. The number of aromatic nitrogens is 3. The van der Waals surface area contributed by atoms with Crippen LogP contribution < -0.4 is 11.4 Å². The van der Waals surface area contributed by atoms with E-state index in [0.717, 1.165) is 10.0 Å². The van der Waals surface area contributed by atoms with Gasteiger partial charge in [0.2, 0.25) is 0 Å². The van der Waals surface area contributed by atoms with Crippen molar-refractivity contribution in [3.05, 3.63) is 44.8 Å². The Hall–Kier alpha value is -1.05. The monoisotopic (exact) mass is 370 g/mol. The number of H-pyrrole nitrogens is 1. The molecule has 0 saturated carbocycles. The van der Waals surface area contributed by atoms with Crippen molar-refractivity contribution >= 4 is 27.7 Å². The summed E-state index contributed by atoms with van der Waals surface area (Å²) in [5.41, 5.74) is 7.06. The molecule has 0 aliphatic carbocycles. The van der Waals surface area contributed by atoms with Gasteiger partial charge in [-0.25, -0.2) is 9.89 Å². The molecule has 7 heteroatoms. The fraction of sp³-hybridized carbons (Fsp3) is 0.429. The van der Waals surface area contributed by atoms with Crippen LogP contribution in [0.5, 0.6) is 0 Å². The fourth-order valence-electron chi connectivity index (χ4n) is 2.07. The van der Waals surface area contributed by atoms with Crippen LogP contribution in [0.15, 0.2) is 38.7 Å². The molecule has 5 nitrogen and oxygen atoms in total. The molecule has 21 heavy (non-hydrogen) atoms. The number of rotatable bonds is 5. The SMILES string of the molecule is CC(N)C(Sc1n[nH]c(=O)n1C(C)C)c1ccc(Br)cc1. The van der Waals surface area contributed by atoms with Gasteiger partial charge in [0.25, 0.3) is 0 Å². The van der Waals surface area contributed by atoms with Gasteiger partial charge in [-0.1, -0.05) is 39.8 Å². The summed E-state index contributed by atoms with van der Waals surface area (Å²) in [7, 11) is 0. The molecule has 2 unspecified atom stereocenters. The van der Waals surface area contributed by atoms with Crippen molar-refractivity contribution < 1.29 is 0 Å². The van der Waals surface area contributed by atoms with Gasteiger partial charge in [-0.05, 0) is 38.5 Å². The molecular weight excluding hydrogens is 352 g/mol. The van der Waals surface area contributed by atoms with Crippen LogP contribution in [-0.2, 0) is 0 Å². The first kappa shape index (κ1) is 16.3. The lowest BCUT2D eigenvalue weighted by atomic mass is 10.1. The summed E-state index contributed by atoms with van der Waals surface area (Å²) >= 11 is 4.94. The second-order valence-electron chi connectivity index (χ2n) is 5.22. The van der Waals surface area contributed by atoms with E-state index in [1.807, 2.05) is 45.0 Å². The molecule has 1 aromatic carbocycles. The molecule has 0 aliphatic rings. The van der Waals surface area contributed by atoms with Crippen molar-refractivity contribution in [3.63, 3.8) is 0 Å². The van der Waals surface area contributed by atoms with Gasteiger partial charge in [0.1, 0.15) is 0 Å². The van der Waals surface area contributed by atoms with Crippen molar-refractivity contribution in [2.45, 2.75) is 43.3 Å². The van der Waals surface area contributed by atoms with Crippen LogP contribution in [0.2, 0.25) is 0 Å². The van der Waals surface area contributed by atoms with Crippen LogP contribution in [-0.4, -0.2) is 20.8 Å². The van der Waals surface area contributed by atoms with Crippen LogP contribution in [0, 0.1) is 0 Å². The molecule has 0 saturated heterocycles. The predicted molar refractivity (Wildman–Crippen MR) is 89.6 cm³/mol. The molecule has 0 bridgehead atoms. The summed E-state index contributed by atoms with van der Waals surface area (Å²) in [5, 5.41) is 7.34. The van der Waals surface area contributed by atoms with Gasteiger partial charge in [0, 0.05) is 16.6 Å². The number of hydrogen-bond acceptors (Lipinski definition) is 4. The first-order chi connectivity index (χ1) is 9.90. The zero-order chi connectivity index (χ0) is 15.6. The van der Waals surface area contributed by atoms with Crippen LogP contribution in [0.25, 0.3) is 0 Å². The highest BCUT2D eigenvalue weighted by molar-refractivity contribution is 9.10. The minimum Gasteiger partial charge on any atom is -0.327 e. The Kier molecular flexibility index (Phi) is 5.29. The average Bonchev–Trinajstić information content (AvgIpc) is 2.78. The molecule has 0 aliphatic heterocycles. The Labute approximate surface area is 136 Å². The lowest BCUT2D eigenvalue weighted by Crippen LogP contribution is -2.24. The van der Waals surface area contributed by atoms with E-state index in [1.54, 1.807) is 4.57 Å². The van der Waals surface area contributed by atoms with Crippen molar-refractivity contribution in [2.24, 2.45) is 5.73 Å². The summed E-state index contributed by atoms with van der Waals surface area (Å²) in [6, 6.07) is 8.04. The Balaban J connectivity index is 2.33. The smallest absolute Gasteiger partial charge is 0.327 e. The maximum absolute atomic E-state index is 11.8. The van der Waals surface area contributed by atoms with E-state index in [1.165, 1.54) is 11.8 Å². The van der Waals surface area contributed by atoms with Gasteiger partial charge >= 0.3 is 5.69 Å². The third kappa shape index (κ3) is 3.78. The molecule has 1 aromatic heterocycles. The van der Waals surface area contributed by atoms with E-state index in [0.29, 0.717) is 5.16 Å². The molecule has 3 N–H and O–H groups in total. The molecular formula is C14H19BrN4OS. The summed E-state index contributed by atoms with van der Waals surface area (Å²) in [6.45, 7) is 5.88. The third-order valence-electron chi connectivity index (χ3n) is 3.10. The van der Waals surface area contributed by atoms with E-state index in [2.05, 4.69) is 26.1 Å². The maximum atomic E-state index is 11.8. The van der Waals surface area contributed by atoms with E-state index < -0.39 is 0 Å². The van der Waals surface area contributed by atoms with Crippen molar-refractivity contribution in [1.82, 2.24) is 14.8 Å². The molecule has 0 fully saturated rings. The summed E-state index contributed by atoms with van der Waals surface area (Å²) in [4.78, 5) is 11.8. The van der Waals surface area contributed by atoms with Gasteiger partial charge in [-0.15, -0.1) is 5.10 Å². The lowest BCUT2D eigenvalue weighted by Gasteiger charge is -2.21. The zero-order valence-electron chi connectivity index (χ0n) is 12.2. The number of hydrogen-bond donors (Lipinski definition) is 2. The van der Waals surface area contributed by atoms with Crippen molar-refractivity contribution in [3.8, 4) is 0 Å². The number of thioether (sulfide) groups is 1. The molecule has 2 rings (SSSR count). The first-order valence-corrected chi connectivity index (χ1v) is 8.42. The minimum absolute atomic E-state index is 0.0331. The van der Waals surface area contributed by atoms with Gasteiger partial charge in [-0.3, -0.25) is 4.57 Å². The van der Waals surface area contributed by atoms with Gasteiger partial charge in [0.05, 0.1) is 5.25 Å². The van der Waals surface area contributed by atoms with Crippen LogP contribution in [0.3, 0.4) is 0 Å². The van der Waals surface area contributed by atoms with E-state index in [9.17, 15) is 4.79 Å². The number of halogens is 1. The van der Waals surface area contributed by atoms with E-state index in [-0.39, 0.29) is 23.0 Å². The average molecular weight is 371 g/mol. The van der Waals surface area contributed by atoms with Crippen LogP contribution in [0.4, 0.5) is 0 Å². The number of nitrogens with zero attached hydrogens (tertiary/aromatic N) is 2. The van der Waals surface area contributed by atoms with E-state index in [4.69, 9.17) is 5.73 Å². The molecule has 114 valence electrons. The standard InChI is InChI=1S/C14H19BrN4OS/c1-8(2)19-13(20)17-18-14(19)21-12(9(3)16)10-4-6-11(15)7-5-10/h4-9,12H,16H2,1-3H3,(H,17,20). The Morgan fingerprint density at radius 3 is 2.43 bits per heavy atom. The van der Waals surface area contributed by atoms with Crippen molar-refractivity contribution in [1.29, 1.82) is 0 Å². The summed E-state index contributed by atoms with van der Waals surface area (Å²) in [5.74, 6) is 0. The number of nitrogens with one attached hydrogen (secondary N) is 1. The van der Waals surface area contributed by atoms with Gasteiger partial charge < -0.3 is 5.73 Å². The van der Waals surface area contributed by atoms with E-state index >= 15 is 0 Å². The summed E-state index contributed by atoms with van der Waals surface area (Å²) in [6.07, 6.45) is 0. The molecule has 0 amide bonds. The predicted octanol–water partition coefficient (Wildman–Crippen LogP) is 3.10. The maximum Gasteiger partial charge on any atom is 0.344 e. The molecule has 2 aromatic rings. The second kappa shape index (κ2) is 6.81. The minimum atomic E-state index is -0.188. The third-order valence-corrected chi connectivity index (χ3v) is 5.08. The summed E-state index contributed by atoms with van der Waals surface area (Å²) < 4.78 is 2.68. The Morgan fingerprint density at radius 2 is 1.90 bits per heavy atom. The highest BCUT2D eigenvalue weighted by Crippen LogP contribution is 2.36. The first-order valence-electron chi connectivity index (χ1n) is 6.74. The molecule has 0 spiro atoms. The lowest BCUT2D eigenvalue weighted by molar-refractivity contribution is 0.532. The number of aromatic amines is 1. The topological polar surface area (TPSA) is 76.7 Å². The highest BCUT2D eigenvalue weighted by atomic mass is 79.9. The Bertz CT molecular complexity index is 648. The largest absolute Gasteiger partial charge is 0.344 e. The number of benzene rings is 1. The molecule has 1 heterocycles. The Morgan fingerprint density at radius 1 is 1.29 bits per heavy atom. The van der Waals surface area contributed by atoms with Crippen LogP contribution >= 0.6 is 27.7 Å².